The molecule has 17 heavy (non-hydrogen) atoms. The average Bonchev–Trinajstić information content (AvgIpc) is 2.18. The van der Waals surface area contributed by atoms with Crippen LogP contribution in [0.2, 0.25) is 0 Å². The van der Waals surface area contributed by atoms with Crippen molar-refractivity contribution >= 4 is 7.60 Å². The second-order valence-corrected chi connectivity index (χ2v) is 6.29. The smallest absolute Gasteiger partial charge is 0.325 e. The third-order valence-electron chi connectivity index (χ3n) is 2.62. The van der Waals surface area contributed by atoms with Gasteiger partial charge in [-0.3, -0.25) is 4.57 Å². The van der Waals surface area contributed by atoms with Crippen LogP contribution in [-0.2, 0) is 13.8 Å². The Morgan fingerprint density at radius 2 is 2.00 bits per heavy atom. The van der Waals surface area contributed by atoms with Crippen molar-refractivity contribution in [3.05, 3.63) is 0 Å². The van der Waals surface area contributed by atoms with Crippen LogP contribution in [0.3, 0.4) is 0 Å². The molecular formula is C10H21O6P. The summed E-state index contributed by atoms with van der Waals surface area (Å²) in [6.45, 7) is 3.47. The molecule has 102 valence electrons. The zero-order valence-electron chi connectivity index (χ0n) is 10.2. The van der Waals surface area contributed by atoms with Gasteiger partial charge in [0.25, 0.3) is 0 Å². The van der Waals surface area contributed by atoms with Gasteiger partial charge in [-0.25, -0.2) is 0 Å². The summed E-state index contributed by atoms with van der Waals surface area (Å²) >= 11 is 0. The molecule has 0 heterocycles. The first-order chi connectivity index (χ1) is 7.83. The molecule has 0 bridgehead atoms. The van der Waals surface area contributed by atoms with Crippen LogP contribution in [0.1, 0.15) is 26.2 Å². The number of aliphatic hydroxyl groups is 2. The van der Waals surface area contributed by atoms with Crippen molar-refractivity contribution in [3.8, 4) is 0 Å². The van der Waals surface area contributed by atoms with Crippen LogP contribution >= 0.6 is 7.60 Å². The third kappa shape index (κ3) is 5.04. The molecule has 6 nitrogen and oxygen atoms in total. The largest absolute Gasteiger partial charge is 0.393 e. The second kappa shape index (κ2) is 6.27. The van der Waals surface area contributed by atoms with Crippen LogP contribution in [0.25, 0.3) is 0 Å². The van der Waals surface area contributed by atoms with E-state index >= 15 is 0 Å². The van der Waals surface area contributed by atoms with E-state index in [1.165, 1.54) is 0 Å². The van der Waals surface area contributed by atoms with Crippen LogP contribution in [0, 0.1) is 0 Å². The van der Waals surface area contributed by atoms with Crippen molar-refractivity contribution in [2.75, 3.05) is 13.3 Å². The lowest BCUT2D eigenvalue weighted by atomic mass is 9.90. The molecular weight excluding hydrogens is 247 g/mol. The summed E-state index contributed by atoms with van der Waals surface area (Å²) in [5.74, 6) is 0. The lowest BCUT2D eigenvalue weighted by Gasteiger charge is -2.37. The molecule has 0 amide bonds. The summed E-state index contributed by atoms with van der Waals surface area (Å²) in [6.07, 6.45) is -1.82. The highest BCUT2D eigenvalue weighted by Crippen LogP contribution is 2.42. The van der Waals surface area contributed by atoms with E-state index in [1.54, 1.807) is 0 Å². The topological polar surface area (TPSA) is 96.2 Å². The van der Waals surface area contributed by atoms with Crippen LogP contribution in [0.5, 0.6) is 0 Å². The summed E-state index contributed by atoms with van der Waals surface area (Å²) in [7, 11) is -3.68. The fraction of sp³-hybridized carbons (Fsp3) is 1.00. The van der Waals surface area contributed by atoms with Crippen molar-refractivity contribution in [1.29, 1.82) is 0 Å². The van der Waals surface area contributed by atoms with Crippen LogP contribution in [-0.4, -0.2) is 52.8 Å². The van der Waals surface area contributed by atoms with Crippen molar-refractivity contribution in [3.63, 3.8) is 0 Å². The van der Waals surface area contributed by atoms with Gasteiger partial charge in [0.1, 0.15) is 6.10 Å². The third-order valence-corrected chi connectivity index (χ3v) is 3.25. The minimum atomic E-state index is -3.68. The Morgan fingerprint density at radius 3 is 2.53 bits per heavy atom. The van der Waals surface area contributed by atoms with Gasteiger partial charge in [-0.15, -0.1) is 0 Å². The Morgan fingerprint density at radius 1 is 1.35 bits per heavy atom. The molecule has 1 aliphatic carbocycles. The number of hydrogen-bond acceptors (Lipinski definition) is 5. The predicted octanol–water partition coefficient (Wildman–Crippen LogP) is 0.498. The second-order valence-electron chi connectivity index (χ2n) is 4.47. The molecule has 7 heteroatoms. The average molecular weight is 268 g/mol. The SMILES string of the molecule is CCCO[C@@H]1C[C@H](O)C[C@@H](O)[C@H]1OP(C)(=O)O. The van der Waals surface area contributed by atoms with E-state index in [9.17, 15) is 19.7 Å². The molecule has 0 aromatic carbocycles. The summed E-state index contributed by atoms with van der Waals surface area (Å²) < 4.78 is 21.7. The van der Waals surface area contributed by atoms with Gasteiger partial charge in [-0.2, -0.15) is 0 Å². The summed E-state index contributed by atoms with van der Waals surface area (Å²) in [5, 5.41) is 19.3. The van der Waals surface area contributed by atoms with Crippen molar-refractivity contribution in [2.24, 2.45) is 0 Å². The van der Waals surface area contributed by atoms with Crippen molar-refractivity contribution in [1.82, 2.24) is 0 Å². The molecule has 1 rings (SSSR count). The molecule has 5 atom stereocenters. The Balaban J connectivity index is 2.68. The Hall–Kier alpha value is 0.0300. The quantitative estimate of drug-likeness (QED) is 0.628. The summed E-state index contributed by atoms with van der Waals surface area (Å²) in [5.41, 5.74) is 0. The number of hydrogen-bond donors (Lipinski definition) is 3. The highest BCUT2D eigenvalue weighted by Gasteiger charge is 2.40. The first-order valence-corrected chi connectivity index (χ1v) is 7.82. The van der Waals surface area contributed by atoms with Gasteiger partial charge in [0, 0.05) is 26.1 Å². The Labute approximate surface area is 101 Å². The van der Waals surface area contributed by atoms with Gasteiger partial charge in [-0.05, 0) is 6.42 Å². The maximum absolute atomic E-state index is 11.2. The molecule has 0 spiro atoms. The maximum atomic E-state index is 11.2. The lowest BCUT2D eigenvalue weighted by Crippen LogP contribution is -2.48. The minimum absolute atomic E-state index is 0.136. The van der Waals surface area contributed by atoms with Crippen LogP contribution in [0.15, 0.2) is 0 Å². The highest BCUT2D eigenvalue weighted by molar-refractivity contribution is 7.51. The Bertz CT molecular complexity index is 278. The monoisotopic (exact) mass is 268 g/mol. The Kier molecular flexibility index (Phi) is 5.57. The molecule has 0 radical (unpaired) electrons. The first kappa shape index (κ1) is 15.1. The van der Waals surface area contributed by atoms with Gasteiger partial charge in [0.2, 0.25) is 0 Å². The van der Waals surface area contributed by atoms with Gasteiger partial charge < -0.3 is 24.4 Å². The zero-order chi connectivity index (χ0) is 13.1. The molecule has 1 fully saturated rings. The van der Waals surface area contributed by atoms with E-state index < -0.39 is 32.0 Å². The molecule has 1 unspecified atom stereocenters. The summed E-state index contributed by atoms with van der Waals surface area (Å²) in [4.78, 5) is 9.20. The number of rotatable bonds is 5. The molecule has 0 saturated heterocycles. The molecule has 1 aliphatic rings. The molecule has 0 aromatic heterocycles. The highest BCUT2D eigenvalue weighted by atomic mass is 31.2. The standard InChI is InChI=1S/C10H21O6P/c1-3-4-15-9-6-7(11)5-8(12)10(9)16-17(2,13)14/h7-12H,3-6H2,1-2H3,(H,13,14)/t7-,8-,9-,10-/m1/s1. The van der Waals surface area contributed by atoms with Gasteiger partial charge in [0.15, 0.2) is 0 Å². The van der Waals surface area contributed by atoms with Gasteiger partial charge >= 0.3 is 7.60 Å². The summed E-state index contributed by atoms with van der Waals surface area (Å²) in [6, 6.07) is 0. The first-order valence-electron chi connectivity index (χ1n) is 5.80. The van der Waals surface area contributed by atoms with E-state index in [0.29, 0.717) is 13.0 Å². The van der Waals surface area contributed by atoms with Gasteiger partial charge in [0.05, 0.1) is 18.3 Å². The van der Waals surface area contributed by atoms with E-state index in [-0.39, 0.29) is 6.42 Å². The predicted molar refractivity (Wildman–Crippen MR) is 61.9 cm³/mol. The molecule has 1 saturated carbocycles. The van der Waals surface area contributed by atoms with Crippen molar-refractivity contribution in [2.45, 2.75) is 50.6 Å². The van der Waals surface area contributed by atoms with Crippen LogP contribution < -0.4 is 0 Å². The van der Waals surface area contributed by atoms with Crippen molar-refractivity contribution < 1.29 is 28.9 Å². The molecule has 3 N–H and O–H groups in total. The minimum Gasteiger partial charge on any atom is -0.393 e. The molecule has 0 aliphatic heterocycles. The van der Waals surface area contributed by atoms with E-state index in [4.69, 9.17) is 9.26 Å². The zero-order valence-corrected chi connectivity index (χ0v) is 11.0. The normalized spacial score (nSPS) is 37.7. The maximum Gasteiger partial charge on any atom is 0.325 e. The number of aliphatic hydroxyl groups excluding tert-OH is 2. The van der Waals surface area contributed by atoms with Crippen LogP contribution in [0.4, 0.5) is 0 Å². The van der Waals surface area contributed by atoms with E-state index in [0.717, 1.165) is 13.1 Å². The fourth-order valence-corrected chi connectivity index (χ4v) is 2.68. The number of ether oxygens (including phenoxy) is 1. The molecule has 0 aromatic rings. The lowest BCUT2D eigenvalue weighted by molar-refractivity contribution is -0.131. The fourth-order valence-electron chi connectivity index (χ4n) is 1.96. The van der Waals surface area contributed by atoms with E-state index in [2.05, 4.69) is 0 Å². The van der Waals surface area contributed by atoms with Gasteiger partial charge in [-0.1, -0.05) is 6.92 Å². The van der Waals surface area contributed by atoms with E-state index in [1.807, 2.05) is 6.92 Å².